The van der Waals surface area contributed by atoms with E-state index in [-0.39, 0.29) is 52.7 Å². The Hall–Kier alpha value is -7.48. The third-order valence-electron chi connectivity index (χ3n) is 11.5. The van der Waals surface area contributed by atoms with E-state index >= 15 is 0 Å². The van der Waals surface area contributed by atoms with Crippen LogP contribution in [0.5, 0.6) is 0 Å². The summed E-state index contributed by atoms with van der Waals surface area (Å²) in [7, 11) is -0.176. The highest BCUT2D eigenvalue weighted by atomic mass is 32.2. The first-order chi connectivity index (χ1) is 34.4. The number of aromatic nitrogens is 11. The molecule has 3 N–H and O–H groups in total. The van der Waals surface area contributed by atoms with Crippen molar-refractivity contribution in [2.24, 2.45) is 14.1 Å². The monoisotopic (exact) mass is 1040 g/mol. The molecule has 0 spiro atoms. The molecule has 2 aliphatic heterocycles. The molecule has 2 fully saturated rings. The Morgan fingerprint density at radius 3 is 1.62 bits per heavy atom. The number of hydrogen-bond donors (Lipinski definition) is 3. The molecule has 24 nitrogen and oxygen atoms in total. The second-order valence-electron chi connectivity index (χ2n) is 20.1. The number of ether oxygens (including phenoxy) is 2. The first kappa shape index (κ1) is 51.9. The SMILES string of the molecule is Cc1cc(Nc2nc(C(=O)NC3CCCN(C(=O)OC(C)(C)C)C3)cn3c(-c4cnn(C)c4)cnc23)sn1.Cn1cc(-c2cnc3c(S(C)(=O)=O)nc(C(=O)NC4CCCN(C(=O)OC(C)(C)C)C4)cn23)cn1. The van der Waals surface area contributed by atoms with Crippen molar-refractivity contribution in [3.05, 3.63) is 72.7 Å². The van der Waals surface area contributed by atoms with Crippen LogP contribution in [0.3, 0.4) is 0 Å². The fourth-order valence-corrected chi connectivity index (χ4v) is 9.67. The maximum absolute atomic E-state index is 13.4. The number of fused-ring (bicyclic) bond motifs is 2. The van der Waals surface area contributed by atoms with Crippen LogP contribution < -0.4 is 16.0 Å². The molecule has 0 saturated carbocycles. The lowest BCUT2D eigenvalue weighted by Gasteiger charge is -2.34. The highest BCUT2D eigenvalue weighted by molar-refractivity contribution is 7.90. The molecule has 73 heavy (non-hydrogen) atoms. The van der Waals surface area contributed by atoms with Crippen molar-refractivity contribution in [1.29, 1.82) is 0 Å². The van der Waals surface area contributed by atoms with Crippen LogP contribution in [0.15, 0.2) is 60.7 Å². The summed E-state index contributed by atoms with van der Waals surface area (Å²) in [6, 6.07) is 1.36. The number of piperidine rings is 2. The number of rotatable bonds is 9. The number of nitrogens with one attached hydrogen (secondary N) is 3. The van der Waals surface area contributed by atoms with Crippen LogP contribution in [-0.4, -0.2) is 151 Å². The minimum atomic E-state index is -3.78. The third-order valence-corrected chi connectivity index (χ3v) is 13.2. The van der Waals surface area contributed by atoms with E-state index in [0.29, 0.717) is 55.2 Å². The normalized spacial score (nSPS) is 16.5. The van der Waals surface area contributed by atoms with E-state index < -0.39 is 33.0 Å². The van der Waals surface area contributed by atoms with Gasteiger partial charge in [-0.2, -0.15) is 14.6 Å². The number of amides is 4. The maximum Gasteiger partial charge on any atom is 0.410 e. The van der Waals surface area contributed by atoms with E-state index in [4.69, 9.17) is 9.47 Å². The third kappa shape index (κ3) is 12.6. The molecular formula is C47H60N16O8S2. The van der Waals surface area contributed by atoms with E-state index in [0.717, 1.165) is 41.0 Å². The Kier molecular flexibility index (Phi) is 14.6. The van der Waals surface area contributed by atoms with Crippen molar-refractivity contribution >= 4 is 67.5 Å². The molecule has 0 aromatic carbocycles. The Morgan fingerprint density at radius 2 is 1.18 bits per heavy atom. The quantitative estimate of drug-likeness (QED) is 0.163. The second-order valence-corrected chi connectivity index (χ2v) is 22.8. The number of hydrogen-bond acceptors (Lipinski definition) is 17. The molecule has 9 rings (SSSR count). The van der Waals surface area contributed by atoms with Crippen LogP contribution in [0.4, 0.5) is 20.4 Å². The van der Waals surface area contributed by atoms with E-state index in [1.165, 1.54) is 28.3 Å². The van der Waals surface area contributed by atoms with Gasteiger partial charge in [0.05, 0.1) is 41.9 Å². The van der Waals surface area contributed by atoms with Gasteiger partial charge in [0.2, 0.25) is 0 Å². The lowest BCUT2D eigenvalue weighted by molar-refractivity contribution is 0.0178. The number of likely N-dealkylation sites (tertiary alicyclic amines) is 2. The van der Waals surface area contributed by atoms with Crippen molar-refractivity contribution < 1.29 is 37.1 Å². The molecular weight excluding hydrogens is 981 g/mol. The van der Waals surface area contributed by atoms with Gasteiger partial charge in [0.15, 0.2) is 32.0 Å². The molecule has 388 valence electrons. The van der Waals surface area contributed by atoms with Crippen molar-refractivity contribution in [3.63, 3.8) is 0 Å². The molecule has 2 unspecified atom stereocenters. The van der Waals surface area contributed by atoms with E-state index in [9.17, 15) is 27.6 Å². The molecule has 9 heterocycles. The van der Waals surface area contributed by atoms with Crippen LogP contribution in [0.25, 0.3) is 33.8 Å². The summed E-state index contributed by atoms with van der Waals surface area (Å²) in [5, 5.41) is 18.1. The van der Waals surface area contributed by atoms with E-state index in [1.54, 1.807) is 78.0 Å². The summed E-state index contributed by atoms with van der Waals surface area (Å²) in [6.07, 6.45) is 16.5. The molecule has 7 aromatic rings. The number of anilines is 2. The number of carbonyl (C=O) groups is 4. The zero-order valence-electron chi connectivity index (χ0n) is 42.4. The van der Waals surface area contributed by atoms with Gasteiger partial charge >= 0.3 is 12.2 Å². The summed E-state index contributed by atoms with van der Waals surface area (Å²) < 4.78 is 46.9. The molecule has 7 aromatic heterocycles. The molecule has 0 radical (unpaired) electrons. The summed E-state index contributed by atoms with van der Waals surface area (Å²) >= 11 is 1.31. The molecule has 0 bridgehead atoms. The van der Waals surface area contributed by atoms with Crippen LogP contribution in [0, 0.1) is 6.92 Å². The van der Waals surface area contributed by atoms with Gasteiger partial charge in [-0.3, -0.25) is 27.8 Å². The first-order valence-electron chi connectivity index (χ1n) is 23.6. The van der Waals surface area contributed by atoms with E-state index in [1.807, 2.05) is 51.4 Å². The number of imidazole rings is 2. The predicted molar refractivity (Wildman–Crippen MR) is 270 cm³/mol. The fraction of sp³-hybridized carbons (Fsp3) is 0.468. The smallest absolute Gasteiger partial charge is 0.410 e. The highest BCUT2D eigenvalue weighted by Crippen LogP contribution is 2.29. The highest BCUT2D eigenvalue weighted by Gasteiger charge is 2.32. The molecule has 26 heteroatoms. The number of carbonyl (C=O) groups excluding carboxylic acids is 4. The number of sulfone groups is 1. The van der Waals surface area contributed by atoms with Gasteiger partial charge in [-0.15, -0.1) is 0 Å². The molecule has 2 saturated heterocycles. The number of aryl methyl sites for hydroxylation is 3. The molecule has 0 aliphatic carbocycles. The maximum atomic E-state index is 13.4. The van der Waals surface area contributed by atoms with Crippen LogP contribution >= 0.6 is 11.5 Å². The van der Waals surface area contributed by atoms with E-state index in [2.05, 4.69) is 50.5 Å². The zero-order valence-corrected chi connectivity index (χ0v) is 44.0. The fourth-order valence-electron chi connectivity index (χ4n) is 8.27. The molecule has 2 aliphatic rings. The first-order valence-corrected chi connectivity index (χ1v) is 26.3. The minimum absolute atomic E-state index is 0.0737. The zero-order chi connectivity index (χ0) is 52.6. The summed E-state index contributed by atoms with van der Waals surface area (Å²) in [5.74, 6) is -0.438. The molecule has 4 amide bonds. The van der Waals surface area contributed by atoms with Gasteiger partial charge in [0.25, 0.3) is 11.8 Å². The van der Waals surface area contributed by atoms with Gasteiger partial charge in [-0.25, -0.2) is 37.9 Å². The number of nitrogens with zero attached hydrogens (tertiary/aromatic N) is 13. The summed E-state index contributed by atoms with van der Waals surface area (Å²) in [4.78, 5) is 72.4. The largest absolute Gasteiger partial charge is 0.444 e. The second kappa shape index (κ2) is 20.6. The van der Waals surface area contributed by atoms with Crippen molar-refractivity contribution in [2.45, 2.75) is 102 Å². The summed E-state index contributed by atoms with van der Waals surface area (Å²) in [6.45, 7) is 14.6. The van der Waals surface area contributed by atoms with Crippen molar-refractivity contribution in [3.8, 4) is 22.5 Å². The lowest BCUT2D eigenvalue weighted by Crippen LogP contribution is -2.50. The topological polar surface area (TPSA) is 272 Å². The Labute approximate surface area is 425 Å². The summed E-state index contributed by atoms with van der Waals surface area (Å²) in [5.41, 5.74) is 3.44. The standard InChI is InChI=1S/C25H31N9O3S.C22H29N7O5S/c1-15-9-20(38-31-15)30-21-22-26-11-19(16-10-27-32(5)12-16)34(22)14-18(29-21)23(35)28-17-7-6-8-33(13-17)24(36)37-25(2,3)4;1-22(2,3)34-21(31)28-8-6-7-15(12-28)25-19(30)16-13-29-17(14-9-24-27(4)11-14)10-23-18(29)20(26-16)35(5,32)33/h9-12,14,17H,6-8,13H2,1-5H3,(H,28,35)(H,29,30);9-11,13,15H,6-8,12H2,1-5H3,(H,25,30). The predicted octanol–water partition coefficient (Wildman–Crippen LogP) is 5.43. The Bertz CT molecular complexity index is 3300. The van der Waals surface area contributed by atoms with Crippen LogP contribution in [-0.2, 0) is 33.4 Å². The van der Waals surface area contributed by atoms with Gasteiger partial charge in [0.1, 0.15) is 27.6 Å². The average molecular weight is 1040 g/mol. The Balaban J connectivity index is 0.000000196. The Morgan fingerprint density at radius 1 is 0.699 bits per heavy atom. The molecule has 2 atom stereocenters. The van der Waals surface area contributed by atoms with Gasteiger partial charge in [-0.05, 0) is 91.7 Å². The average Bonchev–Trinajstić information content (AvgIpc) is 4.17. The van der Waals surface area contributed by atoms with Crippen LogP contribution in [0.1, 0.15) is 93.9 Å². The van der Waals surface area contributed by atoms with Gasteiger partial charge in [0, 0.05) is 94.5 Å². The van der Waals surface area contributed by atoms with Crippen molar-refractivity contribution in [1.82, 2.24) is 73.1 Å². The van der Waals surface area contributed by atoms with Gasteiger partial charge in [-0.1, -0.05) is 0 Å². The minimum Gasteiger partial charge on any atom is -0.444 e. The van der Waals surface area contributed by atoms with Gasteiger partial charge < -0.3 is 35.2 Å². The lowest BCUT2D eigenvalue weighted by atomic mass is 10.1. The van der Waals surface area contributed by atoms with Crippen molar-refractivity contribution in [2.75, 3.05) is 37.8 Å². The van der Waals surface area contributed by atoms with Crippen LogP contribution in [0.2, 0.25) is 0 Å².